The Hall–Kier alpha value is -2.41. The number of ketones is 2. The van der Waals surface area contributed by atoms with Crippen molar-refractivity contribution in [3.8, 4) is 0 Å². The highest BCUT2D eigenvalue weighted by molar-refractivity contribution is 9.10. The summed E-state index contributed by atoms with van der Waals surface area (Å²) in [5, 5.41) is 2.69. The first-order chi connectivity index (χ1) is 13.7. The van der Waals surface area contributed by atoms with Crippen LogP contribution in [0.4, 0.5) is 4.39 Å². The van der Waals surface area contributed by atoms with Gasteiger partial charge in [0.2, 0.25) is 0 Å². The summed E-state index contributed by atoms with van der Waals surface area (Å²) in [5.74, 6) is -2.29. The third-order valence-corrected chi connectivity index (χ3v) is 5.89. The first kappa shape index (κ1) is 21.3. The number of aromatic nitrogens is 1. The molecular weight excluding hydrogens is 439 g/mol. The average molecular weight is 461 g/mol. The standard InChI is InChI=1S/C22H22BrFN2O3/c1-11-6-12(2)18(13(3)7-11)19-17(27)8-14(21(19)28)4-5-25-22(29)20-16(23)9-15(24)10-26-20/h6-7,9-10,14,19H,4-5,8H2,1-3H3,(H,25,29). The molecule has 0 radical (unpaired) electrons. The minimum atomic E-state index is -0.718. The third kappa shape index (κ3) is 4.45. The number of hydrogen-bond donors (Lipinski definition) is 1. The van der Waals surface area contributed by atoms with Gasteiger partial charge in [0.25, 0.3) is 5.91 Å². The van der Waals surface area contributed by atoms with Crippen molar-refractivity contribution in [3.05, 3.63) is 62.6 Å². The van der Waals surface area contributed by atoms with Crippen molar-refractivity contribution in [2.24, 2.45) is 5.92 Å². The lowest BCUT2D eigenvalue weighted by Gasteiger charge is -2.16. The maximum atomic E-state index is 13.1. The van der Waals surface area contributed by atoms with Crippen LogP contribution in [0.3, 0.4) is 0 Å². The van der Waals surface area contributed by atoms with Crippen molar-refractivity contribution in [1.82, 2.24) is 10.3 Å². The number of amides is 1. The normalized spacial score (nSPS) is 18.9. The van der Waals surface area contributed by atoms with Gasteiger partial charge >= 0.3 is 0 Å². The van der Waals surface area contributed by atoms with E-state index in [1.165, 1.54) is 0 Å². The molecule has 1 saturated carbocycles. The number of rotatable bonds is 5. The molecule has 0 aliphatic heterocycles. The zero-order chi connectivity index (χ0) is 21.3. The summed E-state index contributed by atoms with van der Waals surface area (Å²) < 4.78 is 13.4. The molecule has 1 aromatic carbocycles. The number of aryl methyl sites for hydroxylation is 3. The second-order valence-electron chi connectivity index (χ2n) is 7.54. The smallest absolute Gasteiger partial charge is 0.271 e. The molecule has 152 valence electrons. The third-order valence-electron chi connectivity index (χ3n) is 5.28. The van der Waals surface area contributed by atoms with Gasteiger partial charge in [0.05, 0.1) is 10.7 Å². The molecule has 1 fully saturated rings. The largest absolute Gasteiger partial charge is 0.351 e. The van der Waals surface area contributed by atoms with Gasteiger partial charge in [-0.05, 0) is 65.9 Å². The molecular formula is C22H22BrFN2O3. The highest BCUT2D eigenvalue weighted by atomic mass is 79.9. The van der Waals surface area contributed by atoms with E-state index in [0.29, 0.717) is 6.42 Å². The minimum Gasteiger partial charge on any atom is -0.351 e. The predicted molar refractivity (Wildman–Crippen MR) is 110 cm³/mol. The molecule has 2 atom stereocenters. The lowest BCUT2D eigenvalue weighted by atomic mass is 9.86. The van der Waals surface area contributed by atoms with Gasteiger partial charge in [0.1, 0.15) is 23.2 Å². The average Bonchev–Trinajstić information content (AvgIpc) is 2.89. The van der Waals surface area contributed by atoms with Crippen LogP contribution < -0.4 is 5.32 Å². The van der Waals surface area contributed by atoms with Crippen molar-refractivity contribution in [2.75, 3.05) is 6.54 Å². The second kappa shape index (κ2) is 8.53. The predicted octanol–water partition coefficient (Wildman–Crippen LogP) is 3.97. The van der Waals surface area contributed by atoms with E-state index in [-0.39, 0.29) is 34.7 Å². The van der Waals surface area contributed by atoms with Crippen molar-refractivity contribution in [1.29, 1.82) is 0 Å². The van der Waals surface area contributed by atoms with Crippen molar-refractivity contribution < 1.29 is 18.8 Å². The van der Waals surface area contributed by atoms with Gasteiger partial charge in [-0.3, -0.25) is 14.4 Å². The van der Waals surface area contributed by atoms with Crippen LogP contribution >= 0.6 is 15.9 Å². The fourth-order valence-corrected chi connectivity index (χ4v) is 4.58. The van der Waals surface area contributed by atoms with Crippen LogP contribution in [0.1, 0.15) is 51.5 Å². The summed E-state index contributed by atoms with van der Waals surface area (Å²) in [6, 6.07) is 5.14. The number of Topliss-reactive ketones (excluding diaryl/α,β-unsaturated/α-hetero) is 2. The number of halogens is 2. The Kier molecular flexibility index (Phi) is 6.27. The molecule has 7 heteroatoms. The summed E-state index contributed by atoms with van der Waals surface area (Å²) in [5.41, 5.74) is 3.90. The minimum absolute atomic E-state index is 0.0654. The highest BCUT2D eigenvalue weighted by Crippen LogP contribution is 2.37. The van der Waals surface area contributed by atoms with E-state index in [4.69, 9.17) is 0 Å². The van der Waals surface area contributed by atoms with Crippen LogP contribution in [0.15, 0.2) is 28.9 Å². The van der Waals surface area contributed by atoms with Gasteiger partial charge in [-0.15, -0.1) is 0 Å². The molecule has 3 rings (SSSR count). The van der Waals surface area contributed by atoms with E-state index in [2.05, 4.69) is 26.2 Å². The number of carbonyl (C=O) groups excluding carboxylic acids is 3. The maximum Gasteiger partial charge on any atom is 0.271 e. The molecule has 29 heavy (non-hydrogen) atoms. The quantitative estimate of drug-likeness (QED) is 0.684. The Morgan fingerprint density at radius 2 is 1.86 bits per heavy atom. The van der Waals surface area contributed by atoms with Crippen LogP contribution in [-0.2, 0) is 9.59 Å². The fraction of sp³-hybridized carbons (Fsp3) is 0.364. The van der Waals surface area contributed by atoms with Gasteiger partial charge in [-0.1, -0.05) is 17.7 Å². The first-order valence-electron chi connectivity index (χ1n) is 9.42. The number of nitrogens with zero attached hydrogens (tertiary/aromatic N) is 1. The van der Waals surface area contributed by atoms with Crippen molar-refractivity contribution in [2.45, 2.75) is 39.5 Å². The molecule has 1 aliphatic carbocycles. The van der Waals surface area contributed by atoms with E-state index < -0.39 is 23.6 Å². The second-order valence-corrected chi connectivity index (χ2v) is 8.40. The topological polar surface area (TPSA) is 76.1 Å². The molecule has 1 N–H and O–H groups in total. The number of hydrogen-bond acceptors (Lipinski definition) is 4. The molecule has 1 heterocycles. The molecule has 0 spiro atoms. The fourth-order valence-electron chi connectivity index (χ4n) is 4.08. The van der Waals surface area contributed by atoms with E-state index in [0.717, 1.165) is 34.5 Å². The van der Waals surface area contributed by atoms with Gasteiger partial charge in [0.15, 0.2) is 5.78 Å². The van der Waals surface area contributed by atoms with Gasteiger partial charge in [-0.2, -0.15) is 0 Å². The Morgan fingerprint density at radius 1 is 1.21 bits per heavy atom. The maximum absolute atomic E-state index is 13.1. The van der Waals surface area contributed by atoms with Crippen LogP contribution in [0.5, 0.6) is 0 Å². The van der Waals surface area contributed by atoms with Crippen LogP contribution in [0.2, 0.25) is 0 Å². The molecule has 5 nitrogen and oxygen atoms in total. The highest BCUT2D eigenvalue weighted by Gasteiger charge is 2.42. The molecule has 2 unspecified atom stereocenters. The first-order valence-corrected chi connectivity index (χ1v) is 10.2. The molecule has 0 bridgehead atoms. The van der Waals surface area contributed by atoms with Crippen molar-refractivity contribution >= 4 is 33.4 Å². The summed E-state index contributed by atoms with van der Waals surface area (Å²) in [6.45, 7) is 6.07. The monoisotopic (exact) mass is 460 g/mol. The molecule has 0 saturated heterocycles. The molecule has 1 amide bonds. The Morgan fingerprint density at radius 3 is 2.48 bits per heavy atom. The Bertz CT molecular complexity index is 983. The van der Waals surface area contributed by atoms with Gasteiger partial charge < -0.3 is 5.32 Å². The van der Waals surface area contributed by atoms with Crippen LogP contribution in [0.25, 0.3) is 0 Å². The Balaban J connectivity index is 1.66. The molecule has 1 aromatic heterocycles. The van der Waals surface area contributed by atoms with Gasteiger partial charge in [0, 0.05) is 18.9 Å². The summed E-state index contributed by atoms with van der Waals surface area (Å²) in [7, 11) is 0. The lowest BCUT2D eigenvalue weighted by molar-refractivity contribution is -0.124. The summed E-state index contributed by atoms with van der Waals surface area (Å²) in [6.07, 6.45) is 1.52. The van der Waals surface area contributed by atoms with E-state index in [1.54, 1.807) is 0 Å². The number of pyridine rings is 1. The van der Waals surface area contributed by atoms with E-state index in [1.807, 2.05) is 32.9 Å². The summed E-state index contributed by atoms with van der Waals surface area (Å²) >= 11 is 3.11. The SMILES string of the molecule is Cc1cc(C)c(C2C(=O)CC(CCNC(=O)c3ncc(F)cc3Br)C2=O)c(C)c1. The molecule has 2 aromatic rings. The summed E-state index contributed by atoms with van der Waals surface area (Å²) in [4.78, 5) is 41.6. The van der Waals surface area contributed by atoms with Crippen LogP contribution in [-0.4, -0.2) is 29.0 Å². The van der Waals surface area contributed by atoms with Crippen LogP contribution in [0, 0.1) is 32.5 Å². The Labute approximate surface area is 177 Å². The molecule has 1 aliphatic rings. The zero-order valence-corrected chi connectivity index (χ0v) is 18.1. The van der Waals surface area contributed by atoms with E-state index in [9.17, 15) is 18.8 Å². The number of carbonyl (C=O) groups is 3. The van der Waals surface area contributed by atoms with Crippen molar-refractivity contribution in [3.63, 3.8) is 0 Å². The lowest BCUT2D eigenvalue weighted by Crippen LogP contribution is -2.28. The number of nitrogens with one attached hydrogen (secondary N) is 1. The van der Waals surface area contributed by atoms with E-state index >= 15 is 0 Å². The van der Waals surface area contributed by atoms with Gasteiger partial charge in [-0.25, -0.2) is 9.37 Å². The zero-order valence-electron chi connectivity index (χ0n) is 16.5. The number of benzene rings is 1.